The molecule has 4 nitrogen and oxygen atoms in total. The molecule has 18 heavy (non-hydrogen) atoms. The van der Waals surface area contributed by atoms with Crippen molar-refractivity contribution < 1.29 is 14.7 Å². The third-order valence-corrected chi connectivity index (χ3v) is 3.39. The molecule has 0 unspecified atom stereocenters. The Kier molecular flexibility index (Phi) is 5.71. The molecule has 0 bridgehead atoms. The van der Waals surface area contributed by atoms with Gasteiger partial charge in [0.15, 0.2) is 0 Å². The lowest BCUT2D eigenvalue weighted by atomic mass is 10.1. The van der Waals surface area contributed by atoms with Crippen LogP contribution in [0.5, 0.6) is 0 Å². The Morgan fingerprint density at radius 1 is 1.28 bits per heavy atom. The summed E-state index contributed by atoms with van der Waals surface area (Å²) in [5, 5.41) is 8.55. The first-order valence-corrected chi connectivity index (χ1v) is 6.73. The number of aliphatic carboxylic acids is 1. The van der Waals surface area contributed by atoms with Crippen LogP contribution in [0.1, 0.15) is 12.5 Å². The second kappa shape index (κ2) is 7.06. The van der Waals surface area contributed by atoms with Gasteiger partial charge in [0.1, 0.15) is 0 Å². The molecule has 0 aliphatic rings. The summed E-state index contributed by atoms with van der Waals surface area (Å²) >= 11 is 1.77. The summed E-state index contributed by atoms with van der Waals surface area (Å²) in [5.41, 5.74) is 1.10. The maximum atomic E-state index is 11.1. The van der Waals surface area contributed by atoms with Gasteiger partial charge in [-0.3, -0.25) is 4.79 Å². The number of thioether (sulfide) groups is 1. The minimum Gasteiger partial charge on any atom is -0.474 e. The Balaban J connectivity index is 2.48. The highest BCUT2D eigenvalue weighted by molar-refractivity contribution is 7.99. The summed E-state index contributed by atoms with van der Waals surface area (Å²) in [4.78, 5) is 24.0. The quantitative estimate of drug-likeness (QED) is 0.654. The number of carboxylic acids is 1. The number of carboxylic acid groups (broad SMARTS) is 1. The van der Waals surface area contributed by atoms with Gasteiger partial charge in [0.2, 0.25) is 0 Å². The van der Waals surface area contributed by atoms with Crippen molar-refractivity contribution in [1.82, 2.24) is 4.90 Å². The normalized spacial score (nSPS) is 10.1. The molecule has 1 aromatic rings. The summed E-state index contributed by atoms with van der Waals surface area (Å²) in [7, 11) is 1.50. The van der Waals surface area contributed by atoms with Crippen LogP contribution in [0, 0.1) is 0 Å². The molecule has 0 aliphatic carbocycles. The van der Waals surface area contributed by atoms with Crippen molar-refractivity contribution in [1.29, 1.82) is 0 Å². The molecule has 0 aliphatic heterocycles. The van der Waals surface area contributed by atoms with Crippen LogP contribution in [0.4, 0.5) is 0 Å². The Labute approximate surface area is 111 Å². The first kappa shape index (κ1) is 14.6. The number of carbonyl (C=O) groups excluding carboxylic acids is 1. The molecule has 5 heteroatoms. The molecule has 1 N–H and O–H groups in total. The van der Waals surface area contributed by atoms with Gasteiger partial charge in [0.25, 0.3) is 0 Å². The minimum absolute atomic E-state index is 0.408. The van der Waals surface area contributed by atoms with E-state index in [4.69, 9.17) is 5.11 Å². The van der Waals surface area contributed by atoms with Crippen molar-refractivity contribution in [3.63, 3.8) is 0 Å². The van der Waals surface area contributed by atoms with Crippen molar-refractivity contribution in [2.45, 2.75) is 18.2 Å². The molecule has 0 saturated heterocycles. The lowest BCUT2D eigenvalue weighted by Crippen LogP contribution is -2.34. The largest absolute Gasteiger partial charge is 0.474 e. The van der Waals surface area contributed by atoms with Crippen molar-refractivity contribution in [2.75, 3.05) is 19.3 Å². The topological polar surface area (TPSA) is 57.6 Å². The van der Waals surface area contributed by atoms with E-state index in [9.17, 15) is 9.59 Å². The molecule has 1 aromatic carbocycles. The predicted octanol–water partition coefficient (Wildman–Crippen LogP) is 1.88. The standard InChI is InChI=1S/C13H17NO3S/c1-3-18-11-6-4-10(5-7-11)8-9-14(2)12(15)13(16)17/h4-7H,3,8-9H2,1-2H3,(H,16,17). The van der Waals surface area contributed by atoms with Crippen LogP contribution in [0.25, 0.3) is 0 Å². The number of carbonyl (C=O) groups is 2. The van der Waals surface area contributed by atoms with Gasteiger partial charge in [-0.1, -0.05) is 19.1 Å². The molecule has 0 spiro atoms. The summed E-state index contributed by atoms with van der Waals surface area (Å²) in [6.45, 7) is 2.51. The zero-order valence-electron chi connectivity index (χ0n) is 10.5. The average Bonchev–Trinajstić information content (AvgIpc) is 2.37. The first-order valence-electron chi connectivity index (χ1n) is 5.74. The number of amides is 1. The van der Waals surface area contributed by atoms with E-state index >= 15 is 0 Å². The van der Waals surface area contributed by atoms with Crippen LogP contribution in [-0.4, -0.2) is 41.2 Å². The highest BCUT2D eigenvalue weighted by Crippen LogP contribution is 2.17. The fourth-order valence-corrected chi connectivity index (χ4v) is 2.14. The molecule has 0 atom stereocenters. The van der Waals surface area contributed by atoms with Crippen LogP contribution in [0.15, 0.2) is 29.2 Å². The number of hydrogen-bond donors (Lipinski definition) is 1. The lowest BCUT2D eigenvalue weighted by molar-refractivity contribution is -0.155. The van der Waals surface area contributed by atoms with Gasteiger partial charge in [-0.2, -0.15) is 0 Å². The number of benzene rings is 1. The SMILES string of the molecule is CCSc1ccc(CCN(C)C(=O)C(=O)O)cc1. The fourth-order valence-electron chi connectivity index (χ4n) is 1.48. The van der Waals surface area contributed by atoms with Gasteiger partial charge >= 0.3 is 11.9 Å². The minimum atomic E-state index is -1.41. The lowest BCUT2D eigenvalue weighted by Gasteiger charge is -2.14. The third kappa shape index (κ3) is 4.41. The third-order valence-electron chi connectivity index (χ3n) is 2.50. The zero-order valence-corrected chi connectivity index (χ0v) is 11.4. The second-order valence-corrected chi connectivity index (χ2v) is 5.20. The Morgan fingerprint density at radius 2 is 1.89 bits per heavy atom. The number of hydrogen-bond acceptors (Lipinski definition) is 3. The van der Waals surface area contributed by atoms with Crippen molar-refractivity contribution in [3.8, 4) is 0 Å². The predicted molar refractivity (Wildman–Crippen MR) is 71.8 cm³/mol. The maximum Gasteiger partial charge on any atom is 0.394 e. The Hall–Kier alpha value is -1.49. The van der Waals surface area contributed by atoms with Crippen molar-refractivity contribution >= 4 is 23.6 Å². The van der Waals surface area contributed by atoms with Gasteiger partial charge in [-0.05, 0) is 29.9 Å². The van der Waals surface area contributed by atoms with Crippen LogP contribution < -0.4 is 0 Å². The van der Waals surface area contributed by atoms with Crippen LogP contribution in [0.2, 0.25) is 0 Å². The summed E-state index contributed by atoms with van der Waals surface area (Å²) < 4.78 is 0. The number of likely N-dealkylation sites (N-methyl/N-ethyl adjacent to an activating group) is 1. The Morgan fingerprint density at radius 3 is 2.39 bits per heavy atom. The Bertz CT molecular complexity index is 417. The van der Waals surface area contributed by atoms with Crippen molar-refractivity contribution in [2.24, 2.45) is 0 Å². The highest BCUT2D eigenvalue weighted by atomic mass is 32.2. The van der Waals surface area contributed by atoms with E-state index in [1.54, 1.807) is 11.8 Å². The van der Waals surface area contributed by atoms with Crippen LogP contribution in [-0.2, 0) is 16.0 Å². The molecule has 0 aromatic heterocycles. The summed E-state index contributed by atoms with van der Waals surface area (Å²) in [5.74, 6) is -1.24. The van der Waals surface area contributed by atoms with Crippen molar-refractivity contribution in [3.05, 3.63) is 29.8 Å². The molecule has 0 saturated carbocycles. The summed E-state index contributed by atoms with van der Waals surface area (Å²) in [6, 6.07) is 8.11. The van der Waals surface area contributed by atoms with Gasteiger partial charge in [-0.25, -0.2) is 4.79 Å². The maximum absolute atomic E-state index is 11.1. The van der Waals surface area contributed by atoms with Gasteiger partial charge in [-0.15, -0.1) is 11.8 Å². The first-order chi connectivity index (χ1) is 8.54. The molecular weight excluding hydrogens is 250 g/mol. The van der Waals surface area contributed by atoms with E-state index in [0.29, 0.717) is 13.0 Å². The van der Waals surface area contributed by atoms with E-state index in [2.05, 4.69) is 6.92 Å². The van der Waals surface area contributed by atoms with Crippen LogP contribution >= 0.6 is 11.8 Å². The van der Waals surface area contributed by atoms with E-state index in [1.807, 2.05) is 24.3 Å². The molecule has 1 amide bonds. The van der Waals surface area contributed by atoms with Crippen LogP contribution in [0.3, 0.4) is 0 Å². The van der Waals surface area contributed by atoms with E-state index in [0.717, 1.165) is 11.3 Å². The number of nitrogens with zero attached hydrogens (tertiary/aromatic N) is 1. The molecule has 0 heterocycles. The fraction of sp³-hybridized carbons (Fsp3) is 0.385. The molecule has 98 valence electrons. The zero-order chi connectivity index (χ0) is 13.5. The smallest absolute Gasteiger partial charge is 0.394 e. The van der Waals surface area contributed by atoms with E-state index in [1.165, 1.54) is 16.8 Å². The second-order valence-electron chi connectivity index (χ2n) is 3.86. The molecule has 0 fully saturated rings. The molecule has 0 radical (unpaired) electrons. The molecule has 1 rings (SSSR count). The van der Waals surface area contributed by atoms with Gasteiger partial charge in [0.05, 0.1) is 0 Å². The average molecular weight is 267 g/mol. The van der Waals surface area contributed by atoms with E-state index in [-0.39, 0.29) is 0 Å². The molecular formula is C13H17NO3S. The van der Waals surface area contributed by atoms with Gasteiger partial charge < -0.3 is 10.0 Å². The monoisotopic (exact) mass is 267 g/mol. The van der Waals surface area contributed by atoms with E-state index < -0.39 is 11.9 Å². The number of rotatable bonds is 5. The van der Waals surface area contributed by atoms with Gasteiger partial charge in [0, 0.05) is 18.5 Å². The highest BCUT2D eigenvalue weighted by Gasteiger charge is 2.16. The summed E-state index contributed by atoms with van der Waals surface area (Å²) in [6.07, 6.45) is 0.659.